The minimum Gasteiger partial charge on any atom is -0.506 e. The summed E-state index contributed by atoms with van der Waals surface area (Å²) < 4.78 is 5.69. The van der Waals surface area contributed by atoms with E-state index in [4.69, 9.17) is 4.74 Å². The number of carbonyl (C=O) groups excluding carboxylic acids is 1. The molecule has 6 heteroatoms. The van der Waals surface area contributed by atoms with Crippen molar-refractivity contribution in [2.24, 2.45) is 0 Å². The average molecular weight is 419 g/mol. The second kappa shape index (κ2) is 8.56. The molecule has 1 aliphatic rings. The Morgan fingerprint density at radius 3 is 2.81 bits per heavy atom. The van der Waals surface area contributed by atoms with Crippen molar-refractivity contribution in [3.05, 3.63) is 58.1 Å². The summed E-state index contributed by atoms with van der Waals surface area (Å²) >= 11 is 3.25. The van der Waals surface area contributed by atoms with Crippen LogP contribution < -0.4 is 10.1 Å². The van der Waals surface area contributed by atoms with Gasteiger partial charge < -0.3 is 15.2 Å². The molecule has 1 amide bonds. The molecule has 2 N–H and O–H groups in total. The molecule has 1 aliphatic heterocycles. The van der Waals surface area contributed by atoms with Crippen molar-refractivity contribution in [2.75, 3.05) is 20.2 Å². The summed E-state index contributed by atoms with van der Waals surface area (Å²) in [5.74, 6) is -0.0719. The molecule has 0 saturated carbocycles. The molecule has 1 saturated heterocycles. The molecule has 5 nitrogen and oxygen atoms in total. The van der Waals surface area contributed by atoms with Crippen LogP contribution in [0, 0.1) is 0 Å². The van der Waals surface area contributed by atoms with Gasteiger partial charge in [-0.3, -0.25) is 9.69 Å². The number of amides is 1. The van der Waals surface area contributed by atoms with Crippen LogP contribution in [0.2, 0.25) is 0 Å². The van der Waals surface area contributed by atoms with Crippen LogP contribution in [-0.4, -0.2) is 42.2 Å². The van der Waals surface area contributed by atoms with Crippen LogP contribution in [0.15, 0.2) is 46.9 Å². The van der Waals surface area contributed by atoms with Gasteiger partial charge in [0.05, 0.1) is 11.6 Å². The molecule has 1 heterocycles. The molecule has 0 aliphatic carbocycles. The molecule has 138 valence electrons. The van der Waals surface area contributed by atoms with Crippen LogP contribution in [0.1, 0.15) is 28.8 Å². The summed E-state index contributed by atoms with van der Waals surface area (Å²) in [5.41, 5.74) is 1.44. The summed E-state index contributed by atoms with van der Waals surface area (Å²) in [6.07, 6.45) is 2.17. The van der Waals surface area contributed by atoms with Gasteiger partial charge in [-0.25, -0.2) is 0 Å². The molecule has 0 radical (unpaired) electrons. The number of phenolic OH excluding ortho intramolecular Hbond substituents is 1. The number of rotatable bonds is 6. The Labute approximate surface area is 162 Å². The summed E-state index contributed by atoms with van der Waals surface area (Å²) in [4.78, 5) is 15.0. The van der Waals surface area contributed by atoms with Crippen LogP contribution >= 0.6 is 15.9 Å². The van der Waals surface area contributed by atoms with Gasteiger partial charge in [0, 0.05) is 19.1 Å². The molecule has 2 aromatic carbocycles. The van der Waals surface area contributed by atoms with Crippen molar-refractivity contribution in [3.8, 4) is 11.5 Å². The molecule has 0 aromatic heterocycles. The van der Waals surface area contributed by atoms with E-state index in [1.807, 2.05) is 18.2 Å². The Morgan fingerprint density at radius 2 is 2.08 bits per heavy atom. The van der Waals surface area contributed by atoms with Crippen molar-refractivity contribution in [2.45, 2.75) is 25.4 Å². The van der Waals surface area contributed by atoms with Gasteiger partial charge in [-0.2, -0.15) is 0 Å². The topological polar surface area (TPSA) is 61.8 Å². The highest BCUT2D eigenvalue weighted by Crippen LogP contribution is 2.34. The van der Waals surface area contributed by atoms with Crippen LogP contribution in [0.3, 0.4) is 0 Å². The van der Waals surface area contributed by atoms with Crippen molar-refractivity contribution >= 4 is 21.8 Å². The summed E-state index contributed by atoms with van der Waals surface area (Å²) in [7, 11) is 1.48. The number of aromatic hydroxyl groups is 1. The Balaban J connectivity index is 1.65. The van der Waals surface area contributed by atoms with E-state index in [0.29, 0.717) is 22.8 Å². The highest BCUT2D eigenvalue weighted by molar-refractivity contribution is 9.10. The smallest absolute Gasteiger partial charge is 0.258 e. The van der Waals surface area contributed by atoms with Gasteiger partial charge in [0.2, 0.25) is 0 Å². The lowest BCUT2D eigenvalue weighted by Crippen LogP contribution is -2.39. The molecule has 26 heavy (non-hydrogen) atoms. The maximum atomic E-state index is 12.6. The van der Waals surface area contributed by atoms with Crippen molar-refractivity contribution in [3.63, 3.8) is 0 Å². The fraction of sp³-hybridized carbons (Fsp3) is 0.350. The first-order valence-corrected chi connectivity index (χ1v) is 9.51. The second-order valence-corrected chi connectivity index (χ2v) is 7.29. The zero-order valence-electron chi connectivity index (χ0n) is 14.7. The summed E-state index contributed by atoms with van der Waals surface area (Å²) in [6, 6.07) is 14.0. The van der Waals surface area contributed by atoms with Crippen LogP contribution in [-0.2, 0) is 6.54 Å². The number of carbonyl (C=O) groups is 1. The second-order valence-electron chi connectivity index (χ2n) is 6.44. The first-order valence-electron chi connectivity index (χ1n) is 8.71. The summed E-state index contributed by atoms with van der Waals surface area (Å²) in [5, 5.41) is 13.2. The minimum atomic E-state index is -0.327. The third-order valence-corrected chi connectivity index (χ3v) is 5.40. The highest BCUT2D eigenvalue weighted by Gasteiger charge is 2.26. The molecular weight excluding hydrogens is 396 g/mol. The van der Waals surface area contributed by atoms with Crippen molar-refractivity contribution in [1.29, 1.82) is 0 Å². The lowest BCUT2D eigenvalue weighted by atomic mass is 10.1. The fourth-order valence-corrected chi connectivity index (χ4v) is 3.72. The third kappa shape index (κ3) is 4.19. The molecule has 0 bridgehead atoms. The van der Waals surface area contributed by atoms with Crippen LogP contribution in [0.5, 0.6) is 11.5 Å². The van der Waals surface area contributed by atoms with E-state index in [1.165, 1.54) is 12.7 Å². The molecule has 1 fully saturated rings. The predicted octanol–water partition coefficient (Wildman–Crippen LogP) is 3.56. The quantitative estimate of drug-likeness (QED) is 0.752. The zero-order chi connectivity index (χ0) is 18.5. The zero-order valence-corrected chi connectivity index (χ0v) is 16.3. The number of likely N-dealkylation sites (tertiary alicyclic amines) is 1. The van der Waals surface area contributed by atoms with E-state index in [1.54, 1.807) is 12.1 Å². The maximum Gasteiger partial charge on any atom is 0.258 e. The number of hydrogen-bond donors (Lipinski definition) is 2. The van der Waals surface area contributed by atoms with E-state index in [-0.39, 0.29) is 17.2 Å². The van der Waals surface area contributed by atoms with Gasteiger partial charge in [-0.05, 0) is 53.0 Å². The lowest BCUT2D eigenvalue weighted by molar-refractivity contribution is 0.0934. The number of halogens is 1. The molecule has 0 unspecified atom stereocenters. The first-order chi connectivity index (χ1) is 12.6. The Bertz CT molecular complexity index is 767. The van der Waals surface area contributed by atoms with E-state index >= 15 is 0 Å². The predicted molar refractivity (Wildman–Crippen MR) is 105 cm³/mol. The monoisotopic (exact) mass is 418 g/mol. The molecule has 3 rings (SSSR count). The third-order valence-electron chi connectivity index (χ3n) is 4.76. The highest BCUT2D eigenvalue weighted by atomic mass is 79.9. The maximum absolute atomic E-state index is 12.6. The van der Waals surface area contributed by atoms with E-state index < -0.39 is 0 Å². The van der Waals surface area contributed by atoms with E-state index in [9.17, 15) is 9.90 Å². The SMILES string of the molecule is COc1ccc(Br)c(O)c1C(=O)NC[C@H]1CCCN1Cc1ccccc1. The average Bonchev–Trinajstić information content (AvgIpc) is 3.09. The first kappa shape index (κ1) is 18.7. The number of phenols is 1. The number of methoxy groups -OCH3 is 1. The van der Waals surface area contributed by atoms with Crippen LogP contribution in [0.25, 0.3) is 0 Å². The fourth-order valence-electron chi connectivity index (χ4n) is 3.39. The van der Waals surface area contributed by atoms with Gasteiger partial charge in [0.1, 0.15) is 17.1 Å². The summed E-state index contributed by atoms with van der Waals surface area (Å²) in [6.45, 7) is 2.45. The number of ether oxygens (including phenoxy) is 1. The van der Waals surface area contributed by atoms with Crippen molar-refractivity contribution in [1.82, 2.24) is 10.2 Å². The van der Waals surface area contributed by atoms with Gasteiger partial charge in [-0.1, -0.05) is 30.3 Å². The van der Waals surface area contributed by atoms with Gasteiger partial charge >= 0.3 is 0 Å². The number of nitrogens with zero attached hydrogens (tertiary/aromatic N) is 1. The standard InChI is InChI=1S/C20H23BrN2O3/c1-26-17-10-9-16(21)19(24)18(17)20(25)22-12-15-8-5-11-23(15)13-14-6-3-2-4-7-14/h2-4,6-7,9-10,15,24H,5,8,11-13H2,1H3,(H,22,25)/t15-/m1/s1. The van der Waals surface area contributed by atoms with Gasteiger partial charge in [-0.15, -0.1) is 0 Å². The van der Waals surface area contributed by atoms with E-state index in [2.05, 4.69) is 38.3 Å². The van der Waals surface area contributed by atoms with E-state index in [0.717, 1.165) is 25.9 Å². The van der Waals surface area contributed by atoms with Gasteiger partial charge in [0.25, 0.3) is 5.91 Å². The largest absolute Gasteiger partial charge is 0.506 e. The molecule has 1 atom stereocenters. The normalized spacial score (nSPS) is 17.2. The molecule has 0 spiro atoms. The number of nitrogens with one attached hydrogen (secondary N) is 1. The molecular formula is C20H23BrN2O3. The number of benzene rings is 2. The Morgan fingerprint density at radius 1 is 1.31 bits per heavy atom. The Kier molecular flexibility index (Phi) is 6.16. The lowest BCUT2D eigenvalue weighted by Gasteiger charge is -2.25. The van der Waals surface area contributed by atoms with Gasteiger partial charge in [0.15, 0.2) is 0 Å². The van der Waals surface area contributed by atoms with Crippen molar-refractivity contribution < 1.29 is 14.6 Å². The Hall–Kier alpha value is -2.05. The van der Waals surface area contributed by atoms with Crippen LogP contribution in [0.4, 0.5) is 0 Å². The number of hydrogen-bond acceptors (Lipinski definition) is 4. The molecule has 2 aromatic rings. The minimum absolute atomic E-state index is 0.102.